The first-order chi connectivity index (χ1) is 14.2. The first-order valence-corrected chi connectivity index (χ1v) is 9.98. The molecule has 0 atom stereocenters. The van der Waals surface area contributed by atoms with Crippen molar-refractivity contribution < 1.29 is 13.8 Å². The molecule has 5 aromatic rings. The first kappa shape index (κ1) is 17.7. The molecule has 29 heavy (non-hydrogen) atoms. The van der Waals surface area contributed by atoms with Crippen molar-refractivity contribution in [2.24, 2.45) is 0 Å². The fourth-order valence-electron chi connectivity index (χ4n) is 2.53. The maximum absolute atomic E-state index is 5.75. The third-order valence-electron chi connectivity index (χ3n) is 3.88. The van der Waals surface area contributed by atoms with Gasteiger partial charge < -0.3 is 13.8 Å². The maximum Gasteiger partial charge on any atom is 0.299 e. The van der Waals surface area contributed by atoms with Gasteiger partial charge >= 0.3 is 0 Å². The average Bonchev–Trinajstić information content (AvgIpc) is 3.50. The molecule has 3 aromatic heterocycles. The smallest absolute Gasteiger partial charge is 0.299 e. The van der Waals surface area contributed by atoms with Crippen LogP contribution in [0.1, 0.15) is 0 Å². The highest BCUT2D eigenvalue weighted by molar-refractivity contribution is 9.10. The fraction of sp³-hybridized carbons (Fsp3) is 0. The normalized spacial score (nSPS) is 10.9. The molecule has 2 aromatic carbocycles. The van der Waals surface area contributed by atoms with Crippen molar-refractivity contribution in [3.63, 3.8) is 0 Å². The number of hydrogen-bond acceptors (Lipinski definition) is 9. The molecule has 10 heteroatoms. The lowest BCUT2D eigenvalue weighted by Crippen LogP contribution is -1.85. The molecule has 0 N–H and O–H groups in total. The van der Waals surface area contributed by atoms with Crippen molar-refractivity contribution in [1.29, 1.82) is 0 Å². The van der Waals surface area contributed by atoms with Crippen molar-refractivity contribution in [3.8, 4) is 44.5 Å². The maximum atomic E-state index is 5.75. The SMILES string of the molecule is Brc1cccc(-c2nc(-c3ccc(Oc4nnc(-c5ccon5)s4)cc3)no2)c1. The molecule has 3 heterocycles. The van der Waals surface area contributed by atoms with Crippen LogP contribution in [-0.4, -0.2) is 25.5 Å². The van der Waals surface area contributed by atoms with Crippen LogP contribution in [-0.2, 0) is 0 Å². The number of rotatable bonds is 5. The number of nitrogens with zero attached hydrogens (tertiary/aromatic N) is 5. The lowest BCUT2D eigenvalue weighted by Gasteiger charge is -2.01. The summed E-state index contributed by atoms with van der Waals surface area (Å²) in [4.78, 5) is 4.46. The summed E-state index contributed by atoms with van der Waals surface area (Å²) >= 11 is 4.72. The topological polar surface area (TPSA) is 100.0 Å². The molecule has 0 fully saturated rings. The predicted molar refractivity (Wildman–Crippen MR) is 108 cm³/mol. The molecular formula is C19H10BrN5O3S. The zero-order valence-electron chi connectivity index (χ0n) is 14.5. The van der Waals surface area contributed by atoms with Gasteiger partial charge in [0.15, 0.2) is 5.01 Å². The number of benzene rings is 2. The lowest BCUT2D eigenvalue weighted by atomic mass is 10.2. The van der Waals surface area contributed by atoms with Crippen LogP contribution >= 0.6 is 27.3 Å². The molecule has 0 saturated heterocycles. The van der Waals surface area contributed by atoms with Gasteiger partial charge in [-0.25, -0.2) is 0 Å². The van der Waals surface area contributed by atoms with Crippen LogP contribution in [0.15, 0.2) is 74.4 Å². The zero-order chi connectivity index (χ0) is 19.6. The number of hydrogen-bond donors (Lipinski definition) is 0. The van der Waals surface area contributed by atoms with Crippen LogP contribution in [0, 0.1) is 0 Å². The van der Waals surface area contributed by atoms with Crippen LogP contribution in [0.2, 0.25) is 0 Å². The number of ether oxygens (including phenoxy) is 1. The van der Waals surface area contributed by atoms with E-state index in [1.807, 2.05) is 48.5 Å². The Balaban J connectivity index is 1.32. The van der Waals surface area contributed by atoms with Gasteiger partial charge in [0.1, 0.15) is 17.7 Å². The van der Waals surface area contributed by atoms with Crippen LogP contribution in [0.5, 0.6) is 10.9 Å². The Bertz CT molecular complexity index is 1250. The van der Waals surface area contributed by atoms with Gasteiger partial charge in [0.25, 0.3) is 11.1 Å². The van der Waals surface area contributed by atoms with Gasteiger partial charge in [0, 0.05) is 21.7 Å². The first-order valence-electron chi connectivity index (χ1n) is 8.37. The summed E-state index contributed by atoms with van der Waals surface area (Å²) in [7, 11) is 0. The Morgan fingerprint density at radius 1 is 0.931 bits per heavy atom. The van der Waals surface area contributed by atoms with Gasteiger partial charge in [-0.15, -0.1) is 5.10 Å². The van der Waals surface area contributed by atoms with E-state index in [0.717, 1.165) is 15.6 Å². The Morgan fingerprint density at radius 2 is 1.83 bits per heavy atom. The van der Waals surface area contributed by atoms with Crippen molar-refractivity contribution in [3.05, 3.63) is 65.3 Å². The van der Waals surface area contributed by atoms with Gasteiger partial charge in [0.05, 0.1) is 0 Å². The van der Waals surface area contributed by atoms with Gasteiger partial charge in [-0.1, -0.05) is 48.7 Å². The third kappa shape index (κ3) is 3.80. The second kappa shape index (κ2) is 7.57. The molecule has 0 aliphatic rings. The second-order valence-electron chi connectivity index (χ2n) is 5.82. The monoisotopic (exact) mass is 467 g/mol. The van der Waals surface area contributed by atoms with Crippen LogP contribution in [0.25, 0.3) is 33.5 Å². The molecule has 5 rings (SSSR count). The third-order valence-corrected chi connectivity index (χ3v) is 5.20. The van der Waals surface area contributed by atoms with E-state index in [1.165, 1.54) is 17.6 Å². The summed E-state index contributed by atoms with van der Waals surface area (Å²) in [5.74, 6) is 1.57. The molecule has 0 spiro atoms. The van der Waals surface area contributed by atoms with E-state index in [9.17, 15) is 0 Å². The van der Waals surface area contributed by atoms with Crippen molar-refractivity contribution in [1.82, 2.24) is 25.5 Å². The van der Waals surface area contributed by atoms with E-state index < -0.39 is 0 Å². The molecule has 0 bridgehead atoms. The van der Waals surface area contributed by atoms with Crippen LogP contribution in [0.4, 0.5) is 0 Å². The van der Waals surface area contributed by atoms with Gasteiger partial charge in [-0.2, -0.15) is 4.98 Å². The Morgan fingerprint density at radius 3 is 2.62 bits per heavy atom. The Labute approximate surface area is 176 Å². The van der Waals surface area contributed by atoms with Gasteiger partial charge in [-0.3, -0.25) is 0 Å². The van der Waals surface area contributed by atoms with E-state index in [1.54, 1.807) is 6.07 Å². The molecule has 0 unspecified atom stereocenters. The Kier molecular flexibility index (Phi) is 4.62. The average molecular weight is 468 g/mol. The van der Waals surface area contributed by atoms with E-state index in [4.69, 9.17) is 13.8 Å². The molecule has 8 nitrogen and oxygen atoms in total. The van der Waals surface area contributed by atoms with Crippen LogP contribution < -0.4 is 4.74 Å². The highest BCUT2D eigenvalue weighted by Gasteiger charge is 2.13. The summed E-state index contributed by atoms with van der Waals surface area (Å²) in [6, 6.07) is 16.7. The largest absolute Gasteiger partial charge is 0.430 e. The molecule has 0 aliphatic carbocycles. The fourth-order valence-corrected chi connectivity index (χ4v) is 3.61. The lowest BCUT2D eigenvalue weighted by molar-refractivity contribution is 0.422. The molecular weight excluding hydrogens is 458 g/mol. The molecule has 0 aliphatic heterocycles. The minimum Gasteiger partial charge on any atom is -0.430 e. The van der Waals surface area contributed by atoms with E-state index in [-0.39, 0.29) is 0 Å². The van der Waals surface area contributed by atoms with Crippen molar-refractivity contribution in [2.45, 2.75) is 0 Å². The molecule has 142 valence electrons. The minimum atomic E-state index is 0.409. The van der Waals surface area contributed by atoms with E-state index >= 15 is 0 Å². The summed E-state index contributed by atoms with van der Waals surface area (Å²) < 4.78 is 16.9. The quantitative estimate of drug-likeness (QED) is 0.335. The van der Waals surface area contributed by atoms with E-state index in [0.29, 0.717) is 33.4 Å². The summed E-state index contributed by atoms with van der Waals surface area (Å²) in [6.45, 7) is 0. The molecule has 0 saturated carbocycles. The second-order valence-corrected chi connectivity index (χ2v) is 7.67. The zero-order valence-corrected chi connectivity index (χ0v) is 16.9. The van der Waals surface area contributed by atoms with Crippen molar-refractivity contribution >= 4 is 27.3 Å². The molecule has 0 amide bonds. The number of halogens is 1. The highest BCUT2D eigenvalue weighted by atomic mass is 79.9. The summed E-state index contributed by atoms with van der Waals surface area (Å²) in [5, 5.41) is 17.0. The highest BCUT2D eigenvalue weighted by Crippen LogP contribution is 2.31. The van der Waals surface area contributed by atoms with E-state index in [2.05, 4.69) is 41.4 Å². The summed E-state index contributed by atoms with van der Waals surface area (Å²) in [6.07, 6.45) is 1.48. The van der Waals surface area contributed by atoms with Gasteiger partial charge in [-0.05, 0) is 42.5 Å². The summed E-state index contributed by atoms with van der Waals surface area (Å²) in [5.41, 5.74) is 2.27. The predicted octanol–water partition coefficient (Wildman–Crippen LogP) is 5.46. The Hall–Kier alpha value is -3.37. The van der Waals surface area contributed by atoms with Gasteiger partial charge in [0.2, 0.25) is 5.82 Å². The molecule has 0 radical (unpaired) electrons. The standard InChI is InChI=1S/C19H10BrN5O3S/c20-13-3-1-2-12(10-13)17-21-16(25-28-17)11-4-6-14(7-5-11)27-19-23-22-18(29-19)15-8-9-26-24-15/h1-10H. The van der Waals surface area contributed by atoms with Crippen LogP contribution in [0.3, 0.4) is 0 Å². The number of aromatic nitrogens is 5. The van der Waals surface area contributed by atoms with Crippen molar-refractivity contribution in [2.75, 3.05) is 0 Å². The minimum absolute atomic E-state index is 0.409.